The van der Waals surface area contributed by atoms with Crippen molar-refractivity contribution in [3.05, 3.63) is 40.4 Å². The number of halogens is 2. The lowest BCUT2D eigenvalue weighted by molar-refractivity contribution is -0.125. The fraction of sp³-hybridized carbons (Fsp3) is 0.560. The van der Waals surface area contributed by atoms with Crippen molar-refractivity contribution in [3.63, 3.8) is 0 Å². The summed E-state index contributed by atoms with van der Waals surface area (Å²) in [6.07, 6.45) is 0.828. The van der Waals surface area contributed by atoms with Crippen LogP contribution in [0.3, 0.4) is 0 Å². The molecule has 1 atom stereocenters. The van der Waals surface area contributed by atoms with Crippen LogP contribution in [-0.2, 0) is 17.9 Å². The first-order valence-corrected chi connectivity index (χ1v) is 12.2. The SMILES string of the molecule is CN(C)CCNC(=O)C(NC(=O)c1nc(-c2cc(Cl)ccc2F)n2c1CN(C)CCC2)C(C)(C)C. The van der Waals surface area contributed by atoms with Crippen molar-refractivity contribution in [2.45, 2.75) is 46.3 Å². The van der Waals surface area contributed by atoms with Crippen LogP contribution in [0.15, 0.2) is 18.2 Å². The Hall–Kier alpha value is -2.49. The van der Waals surface area contributed by atoms with Gasteiger partial charge in [-0.3, -0.25) is 9.59 Å². The molecule has 0 saturated carbocycles. The van der Waals surface area contributed by atoms with Crippen LogP contribution in [0.4, 0.5) is 4.39 Å². The van der Waals surface area contributed by atoms with Gasteiger partial charge in [0.1, 0.15) is 17.7 Å². The van der Waals surface area contributed by atoms with E-state index in [4.69, 9.17) is 11.6 Å². The van der Waals surface area contributed by atoms with Gasteiger partial charge in [-0.05, 0) is 57.7 Å². The van der Waals surface area contributed by atoms with Crippen molar-refractivity contribution >= 4 is 23.4 Å². The second-order valence-electron chi connectivity index (χ2n) is 10.5. The zero-order valence-corrected chi connectivity index (χ0v) is 22.2. The Morgan fingerprint density at radius 1 is 1.26 bits per heavy atom. The third-order valence-corrected chi connectivity index (χ3v) is 6.30. The molecule has 2 N–H and O–H groups in total. The first kappa shape index (κ1) is 27.1. The molecule has 0 fully saturated rings. The Balaban J connectivity index is 1.98. The number of rotatable bonds is 7. The summed E-state index contributed by atoms with van der Waals surface area (Å²) in [5.41, 5.74) is 0.602. The van der Waals surface area contributed by atoms with E-state index in [0.29, 0.717) is 42.7 Å². The van der Waals surface area contributed by atoms with Crippen LogP contribution >= 0.6 is 11.6 Å². The van der Waals surface area contributed by atoms with Crippen molar-refractivity contribution in [2.75, 3.05) is 40.8 Å². The largest absolute Gasteiger partial charge is 0.353 e. The molecule has 3 rings (SSSR count). The summed E-state index contributed by atoms with van der Waals surface area (Å²) in [4.78, 5) is 35.2. The van der Waals surface area contributed by atoms with E-state index in [9.17, 15) is 14.0 Å². The van der Waals surface area contributed by atoms with E-state index in [1.807, 2.05) is 51.4 Å². The van der Waals surface area contributed by atoms with Crippen molar-refractivity contribution in [1.82, 2.24) is 30.0 Å². The highest BCUT2D eigenvalue weighted by atomic mass is 35.5. The van der Waals surface area contributed by atoms with Gasteiger partial charge in [0.25, 0.3) is 5.91 Å². The van der Waals surface area contributed by atoms with Gasteiger partial charge >= 0.3 is 0 Å². The molecular weight excluding hydrogens is 471 g/mol. The molecule has 2 amide bonds. The minimum absolute atomic E-state index is 0.198. The smallest absolute Gasteiger partial charge is 0.272 e. The van der Waals surface area contributed by atoms with Crippen LogP contribution in [-0.4, -0.2) is 78.0 Å². The summed E-state index contributed by atoms with van der Waals surface area (Å²) in [6.45, 7) is 8.76. The molecule has 2 aromatic rings. The van der Waals surface area contributed by atoms with Gasteiger partial charge in [-0.25, -0.2) is 9.37 Å². The number of carbonyl (C=O) groups is 2. The predicted octanol–water partition coefficient (Wildman–Crippen LogP) is 3.00. The molecule has 0 bridgehead atoms. The number of imidazole rings is 1. The maximum absolute atomic E-state index is 14.8. The molecule has 2 heterocycles. The number of nitrogens with one attached hydrogen (secondary N) is 2. The third-order valence-electron chi connectivity index (χ3n) is 6.06. The molecule has 1 aliphatic heterocycles. The fourth-order valence-corrected chi connectivity index (χ4v) is 4.33. The Morgan fingerprint density at radius 2 is 1.97 bits per heavy atom. The Kier molecular flexibility index (Phi) is 8.56. The van der Waals surface area contributed by atoms with Crippen LogP contribution in [0.1, 0.15) is 43.4 Å². The molecular formula is C25H36ClFN6O2. The van der Waals surface area contributed by atoms with E-state index in [-0.39, 0.29) is 17.2 Å². The van der Waals surface area contributed by atoms with Crippen LogP contribution in [0.25, 0.3) is 11.4 Å². The average molecular weight is 507 g/mol. The number of likely N-dealkylation sites (N-methyl/N-ethyl adjacent to an activating group) is 1. The summed E-state index contributed by atoms with van der Waals surface area (Å²) < 4.78 is 16.7. The number of carbonyl (C=O) groups excluding carboxylic acids is 2. The standard InChI is InChI=1S/C25H36ClFN6O2/c1-25(2,3)21(24(35)28-10-13-31(4)5)30-23(34)20-19-15-32(6)11-7-12-33(19)22(29-20)17-14-16(26)8-9-18(17)27/h8-9,14,21H,7,10-13,15H2,1-6H3,(H,28,35)(H,30,34). The highest BCUT2D eigenvalue weighted by Crippen LogP contribution is 2.30. The van der Waals surface area contributed by atoms with Gasteiger partial charge in [0, 0.05) is 31.2 Å². The fourth-order valence-electron chi connectivity index (χ4n) is 4.16. The van der Waals surface area contributed by atoms with Crippen molar-refractivity contribution in [1.29, 1.82) is 0 Å². The second-order valence-corrected chi connectivity index (χ2v) is 10.9. The molecule has 1 unspecified atom stereocenters. The summed E-state index contributed by atoms with van der Waals surface area (Å²) in [7, 11) is 5.83. The highest BCUT2D eigenvalue weighted by Gasteiger charge is 2.35. The summed E-state index contributed by atoms with van der Waals surface area (Å²) in [5, 5.41) is 6.20. The van der Waals surface area contributed by atoms with E-state index in [0.717, 1.165) is 13.0 Å². The van der Waals surface area contributed by atoms with Gasteiger partial charge in [0.15, 0.2) is 5.69 Å². The number of nitrogens with zero attached hydrogens (tertiary/aromatic N) is 4. The molecule has 0 aliphatic carbocycles. The molecule has 8 nitrogen and oxygen atoms in total. The molecule has 1 aromatic heterocycles. The molecule has 1 aromatic carbocycles. The van der Waals surface area contributed by atoms with Gasteiger partial charge < -0.3 is 25.0 Å². The zero-order chi connectivity index (χ0) is 25.9. The van der Waals surface area contributed by atoms with Crippen LogP contribution in [0.2, 0.25) is 5.02 Å². The summed E-state index contributed by atoms with van der Waals surface area (Å²) in [5.74, 6) is -0.806. The maximum Gasteiger partial charge on any atom is 0.272 e. The maximum atomic E-state index is 14.8. The highest BCUT2D eigenvalue weighted by molar-refractivity contribution is 6.30. The molecule has 1 aliphatic rings. The molecule has 35 heavy (non-hydrogen) atoms. The predicted molar refractivity (Wildman–Crippen MR) is 136 cm³/mol. The molecule has 0 spiro atoms. The van der Waals surface area contributed by atoms with E-state index in [1.54, 1.807) is 0 Å². The Bertz CT molecular complexity index is 1080. The summed E-state index contributed by atoms with van der Waals surface area (Å²) >= 11 is 6.15. The number of hydrogen-bond acceptors (Lipinski definition) is 5. The molecule has 192 valence electrons. The number of benzene rings is 1. The van der Waals surface area contributed by atoms with Gasteiger partial charge in [0.05, 0.1) is 11.3 Å². The number of fused-ring (bicyclic) bond motifs is 1. The number of aromatic nitrogens is 2. The van der Waals surface area contributed by atoms with Crippen LogP contribution in [0.5, 0.6) is 0 Å². The molecule has 0 radical (unpaired) electrons. The van der Waals surface area contributed by atoms with Gasteiger partial charge in [-0.2, -0.15) is 0 Å². The number of amides is 2. The molecule has 0 saturated heterocycles. The van der Waals surface area contributed by atoms with Crippen molar-refractivity contribution < 1.29 is 14.0 Å². The number of hydrogen-bond donors (Lipinski definition) is 2. The van der Waals surface area contributed by atoms with Crippen LogP contribution < -0.4 is 10.6 Å². The minimum atomic E-state index is -0.774. The zero-order valence-electron chi connectivity index (χ0n) is 21.4. The van der Waals surface area contributed by atoms with Crippen molar-refractivity contribution in [3.8, 4) is 11.4 Å². The van der Waals surface area contributed by atoms with E-state index in [2.05, 4.69) is 20.5 Å². The van der Waals surface area contributed by atoms with Crippen molar-refractivity contribution in [2.24, 2.45) is 5.41 Å². The van der Waals surface area contributed by atoms with Gasteiger partial charge in [-0.1, -0.05) is 32.4 Å². The Morgan fingerprint density at radius 3 is 2.63 bits per heavy atom. The Labute approximate surface area is 211 Å². The normalized spacial score (nSPS) is 15.5. The lowest BCUT2D eigenvalue weighted by Crippen LogP contribution is -2.54. The average Bonchev–Trinajstić information content (AvgIpc) is 2.98. The van der Waals surface area contributed by atoms with Gasteiger partial charge in [0.2, 0.25) is 5.91 Å². The monoisotopic (exact) mass is 506 g/mol. The first-order valence-electron chi connectivity index (χ1n) is 11.8. The van der Waals surface area contributed by atoms with Gasteiger partial charge in [-0.15, -0.1) is 0 Å². The molecule has 10 heteroatoms. The van der Waals surface area contributed by atoms with E-state index in [1.165, 1.54) is 18.2 Å². The lowest BCUT2D eigenvalue weighted by Gasteiger charge is -2.30. The third kappa shape index (κ3) is 6.59. The van der Waals surface area contributed by atoms with E-state index < -0.39 is 23.2 Å². The van der Waals surface area contributed by atoms with Crippen LogP contribution in [0, 0.1) is 11.2 Å². The first-order chi connectivity index (χ1) is 16.4. The minimum Gasteiger partial charge on any atom is -0.353 e. The quantitative estimate of drug-likeness (QED) is 0.603. The van der Waals surface area contributed by atoms with E-state index >= 15 is 0 Å². The summed E-state index contributed by atoms with van der Waals surface area (Å²) in [6, 6.07) is 3.54. The topological polar surface area (TPSA) is 82.5 Å². The lowest BCUT2D eigenvalue weighted by atomic mass is 9.86. The second kappa shape index (κ2) is 11.1.